The maximum atomic E-state index is 12.4. The number of hydrogen-bond acceptors (Lipinski definition) is 3. The van der Waals surface area contributed by atoms with Crippen LogP contribution in [-0.4, -0.2) is 39.7 Å². The average molecular weight is 285 g/mol. The molecule has 1 aliphatic heterocycles. The van der Waals surface area contributed by atoms with Gasteiger partial charge in [0, 0.05) is 26.2 Å². The van der Waals surface area contributed by atoms with Crippen molar-refractivity contribution in [2.75, 3.05) is 13.1 Å². The quantitative estimate of drug-likeness (QED) is 0.835. The zero-order valence-electron chi connectivity index (χ0n) is 11.4. The van der Waals surface area contributed by atoms with Gasteiger partial charge in [-0.3, -0.25) is 9.48 Å². The smallest absolute Gasteiger partial charge is 0.272 e. The molecule has 1 saturated carbocycles. The van der Waals surface area contributed by atoms with Crippen LogP contribution >= 0.6 is 12.4 Å². The van der Waals surface area contributed by atoms with Crippen molar-refractivity contribution in [3.8, 4) is 0 Å². The number of amides is 1. The predicted molar refractivity (Wildman–Crippen MR) is 75.3 cm³/mol. The first-order valence-electron chi connectivity index (χ1n) is 6.61. The number of nitrogens with two attached hydrogens (primary N) is 1. The van der Waals surface area contributed by atoms with Crippen LogP contribution < -0.4 is 5.73 Å². The molecule has 0 spiro atoms. The van der Waals surface area contributed by atoms with Gasteiger partial charge >= 0.3 is 0 Å². The van der Waals surface area contributed by atoms with Gasteiger partial charge in [0.25, 0.3) is 5.91 Å². The Labute approximate surface area is 119 Å². The zero-order valence-corrected chi connectivity index (χ0v) is 12.2. The van der Waals surface area contributed by atoms with Gasteiger partial charge in [-0.1, -0.05) is 0 Å². The minimum absolute atomic E-state index is 0. The highest BCUT2D eigenvalue weighted by Crippen LogP contribution is 2.37. The molecule has 1 saturated heterocycles. The molecule has 2 N–H and O–H groups in total. The third-order valence-corrected chi connectivity index (χ3v) is 4.42. The molecule has 0 aromatic carbocycles. The Kier molecular flexibility index (Phi) is 3.87. The summed E-state index contributed by atoms with van der Waals surface area (Å²) in [4.78, 5) is 14.4. The summed E-state index contributed by atoms with van der Waals surface area (Å²) in [6.07, 6.45) is 2.28. The van der Waals surface area contributed by atoms with Crippen molar-refractivity contribution >= 4 is 18.3 Å². The predicted octanol–water partition coefficient (Wildman–Crippen LogP) is 0.960. The molecule has 0 radical (unpaired) electrons. The summed E-state index contributed by atoms with van der Waals surface area (Å²) in [6, 6.07) is 2.14. The van der Waals surface area contributed by atoms with Crippen molar-refractivity contribution in [1.29, 1.82) is 0 Å². The fraction of sp³-hybridized carbons (Fsp3) is 0.692. The molecule has 1 aliphatic carbocycles. The van der Waals surface area contributed by atoms with Crippen LogP contribution in [0.1, 0.15) is 29.0 Å². The van der Waals surface area contributed by atoms with E-state index in [0.717, 1.165) is 25.2 Å². The molecule has 2 fully saturated rings. The maximum absolute atomic E-state index is 12.4. The molecular formula is C13H21ClN4O. The first kappa shape index (κ1) is 14.3. The number of nitrogens with zero attached hydrogens (tertiary/aromatic N) is 3. The minimum atomic E-state index is 0. The molecule has 2 aliphatic rings. The summed E-state index contributed by atoms with van der Waals surface area (Å²) in [5.74, 6) is 1.21. The maximum Gasteiger partial charge on any atom is 0.272 e. The summed E-state index contributed by atoms with van der Waals surface area (Å²) < 4.78 is 1.67. The molecule has 3 atom stereocenters. The summed E-state index contributed by atoms with van der Waals surface area (Å²) in [5, 5.41) is 4.24. The second-order valence-corrected chi connectivity index (χ2v) is 5.67. The number of hydrogen-bond donors (Lipinski definition) is 1. The molecule has 1 aromatic rings. The Morgan fingerprint density at radius 2 is 2.16 bits per heavy atom. The van der Waals surface area contributed by atoms with Crippen LogP contribution in [0.4, 0.5) is 0 Å². The fourth-order valence-electron chi connectivity index (χ4n) is 3.45. The Morgan fingerprint density at radius 3 is 2.74 bits per heavy atom. The molecule has 3 unspecified atom stereocenters. The van der Waals surface area contributed by atoms with E-state index in [1.54, 1.807) is 4.68 Å². The molecule has 0 bridgehead atoms. The van der Waals surface area contributed by atoms with Crippen LogP contribution in [-0.2, 0) is 7.05 Å². The van der Waals surface area contributed by atoms with Crippen LogP contribution in [0.2, 0.25) is 0 Å². The zero-order chi connectivity index (χ0) is 12.9. The Morgan fingerprint density at radius 1 is 1.42 bits per heavy atom. The van der Waals surface area contributed by atoms with E-state index in [0.29, 0.717) is 17.5 Å². The van der Waals surface area contributed by atoms with Gasteiger partial charge in [-0.05, 0) is 37.7 Å². The Balaban J connectivity index is 0.00000133. The summed E-state index contributed by atoms with van der Waals surface area (Å²) in [5.41, 5.74) is 7.67. The summed E-state index contributed by atoms with van der Waals surface area (Å²) in [6.45, 7) is 3.59. The van der Waals surface area contributed by atoms with Crippen LogP contribution in [0.25, 0.3) is 0 Å². The van der Waals surface area contributed by atoms with E-state index in [1.165, 1.54) is 6.42 Å². The normalized spacial score (nSPS) is 29.2. The summed E-state index contributed by atoms with van der Waals surface area (Å²) >= 11 is 0. The summed E-state index contributed by atoms with van der Waals surface area (Å²) in [7, 11) is 1.82. The van der Waals surface area contributed by atoms with Gasteiger partial charge in [-0.15, -0.1) is 12.4 Å². The number of aromatic nitrogens is 2. The van der Waals surface area contributed by atoms with E-state index in [2.05, 4.69) is 5.10 Å². The van der Waals surface area contributed by atoms with Crippen molar-refractivity contribution < 1.29 is 4.79 Å². The topological polar surface area (TPSA) is 64.2 Å². The van der Waals surface area contributed by atoms with Crippen molar-refractivity contribution in [1.82, 2.24) is 14.7 Å². The molecule has 6 heteroatoms. The molecule has 5 nitrogen and oxygen atoms in total. The first-order valence-corrected chi connectivity index (χ1v) is 6.61. The van der Waals surface area contributed by atoms with Gasteiger partial charge in [0.15, 0.2) is 0 Å². The van der Waals surface area contributed by atoms with Gasteiger partial charge in [-0.25, -0.2) is 0 Å². The number of fused-ring (bicyclic) bond motifs is 1. The van der Waals surface area contributed by atoms with Gasteiger partial charge in [0.05, 0.1) is 5.69 Å². The highest BCUT2D eigenvalue weighted by molar-refractivity contribution is 5.93. The molecule has 19 heavy (non-hydrogen) atoms. The molecule has 2 heterocycles. The lowest BCUT2D eigenvalue weighted by Crippen LogP contribution is -2.34. The lowest BCUT2D eigenvalue weighted by Gasteiger charge is -2.18. The lowest BCUT2D eigenvalue weighted by atomic mass is 9.98. The van der Waals surface area contributed by atoms with Gasteiger partial charge in [0.1, 0.15) is 5.69 Å². The van der Waals surface area contributed by atoms with E-state index < -0.39 is 0 Å². The second-order valence-electron chi connectivity index (χ2n) is 5.67. The van der Waals surface area contributed by atoms with Crippen molar-refractivity contribution in [2.45, 2.75) is 25.8 Å². The van der Waals surface area contributed by atoms with E-state index in [4.69, 9.17) is 5.73 Å². The van der Waals surface area contributed by atoms with Crippen molar-refractivity contribution in [2.24, 2.45) is 24.6 Å². The number of carbonyl (C=O) groups excluding carboxylic acids is 1. The monoisotopic (exact) mass is 284 g/mol. The minimum Gasteiger partial charge on any atom is -0.337 e. The number of halogens is 1. The van der Waals surface area contributed by atoms with Crippen molar-refractivity contribution in [3.63, 3.8) is 0 Å². The third kappa shape index (κ3) is 2.37. The highest BCUT2D eigenvalue weighted by Gasteiger charge is 2.42. The molecule has 106 valence electrons. The number of aryl methyl sites for hydroxylation is 2. The highest BCUT2D eigenvalue weighted by atomic mass is 35.5. The van der Waals surface area contributed by atoms with E-state index in [-0.39, 0.29) is 24.4 Å². The standard InChI is InChI=1S/C13H20N4O.ClH/c1-8-5-12(16(2)15-8)13(18)17-6-9-3-4-11(14)10(9)7-17;/h5,9-11H,3-4,6-7,14H2,1-2H3;1H. The molecule has 3 rings (SSSR count). The second kappa shape index (κ2) is 5.13. The van der Waals surface area contributed by atoms with E-state index in [9.17, 15) is 4.79 Å². The third-order valence-electron chi connectivity index (χ3n) is 4.42. The fourth-order valence-corrected chi connectivity index (χ4v) is 3.45. The van der Waals surface area contributed by atoms with E-state index >= 15 is 0 Å². The van der Waals surface area contributed by atoms with Crippen LogP contribution in [0.3, 0.4) is 0 Å². The molecule has 1 amide bonds. The van der Waals surface area contributed by atoms with Crippen LogP contribution in [0.15, 0.2) is 6.07 Å². The average Bonchev–Trinajstić information content (AvgIpc) is 2.96. The van der Waals surface area contributed by atoms with Gasteiger partial charge in [0.2, 0.25) is 0 Å². The first-order chi connectivity index (χ1) is 8.56. The number of rotatable bonds is 1. The SMILES string of the molecule is Cc1cc(C(=O)N2CC3CCC(N)C3C2)n(C)n1.Cl. The lowest BCUT2D eigenvalue weighted by molar-refractivity contribution is 0.0768. The molecule has 1 aromatic heterocycles. The van der Waals surface area contributed by atoms with Crippen LogP contribution in [0.5, 0.6) is 0 Å². The van der Waals surface area contributed by atoms with E-state index in [1.807, 2.05) is 24.9 Å². The van der Waals surface area contributed by atoms with Crippen molar-refractivity contribution in [3.05, 3.63) is 17.5 Å². The molecular weight excluding hydrogens is 264 g/mol. The van der Waals surface area contributed by atoms with Crippen LogP contribution in [0, 0.1) is 18.8 Å². The number of likely N-dealkylation sites (tertiary alicyclic amines) is 1. The van der Waals surface area contributed by atoms with Gasteiger partial charge in [-0.2, -0.15) is 5.10 Å². The Bertz CT molecular complexity index is 487. The number of carbonyl (C=O) groups is 1. The Hall–Kier alpha value is -1.07. The largest absolute Gasteiger partial charge is 0.337 e. The van der Waals surface area contributed by atoms with Gasteiger partial charge < -0.3 is 10.6 Å².